The van der Waals surface area contributed by atoms with E-state index in [2.05, 4.69) is 217 Å². The molecule has 0 spiro atoms. The second-order valence-electron chi connectivity index (χ2n) is 16.4. The fourth-order valence-corrected chi connectivity index (χ4v) is 10.2. The maximum absolute atomic E-state index is 6.50. The Morgan fingerprint density at radius 2 is 1.02 bits per heavy atom. The predicted octanol–water partition coefficient (Wildman–Crippen LogP) is 16.0. The number of furan rings is 1. The zero-order valence-electron chi connectivity index (χ0n) is 33.2. The van der Waals surface area contributed by atoms with Crippen LogP contribution in [0.4, 0.5) is 0 Å². The van der Waals surface area contributed by atoms with Gasteiger partial charge in [-0.05, 0) is 115 Å². The van der Waals surface area contributed by atoms with Gasteiger partial charge in [-0.15, -0.1) is 0 Å². The van der Waals surface area contributed by atoms with Crippen molar-refractivity contribution >= 4 is 54.5 Å². The van der Waals surface area contributed by atoms with Crippen LogP contribution in [0.25, 0.3) is 105 Å². The molecular formula is C59H37NO. The molecule has 13 rings (SSSR count). The van der Waals surface area contributed by atoms with Crippen molar-refractivity contribution < 1.29 is 4.42 Å². The van der Waals surface area contributed by atoms with Gasteiger partial charge in [0.15, 0.2) is 0 Å². The van der Waals surface area contributed by atoms with Crippen LogP contribution in [-0.4, -0.2) is 4.57 Å². The van der Waals surface area contributed by atoms with E-state index in [9.17, 15) is 0 Å². The van der Waals surface area contributed by atoms with Gasteiger partial charge in [0.2, 0.25) is 0 Å². The largest absolute Gasteiger partial charge is 0.455 e. The lowest BCUT2D eigenvalue weighted by Crippen LogP contribution is -1.99. The molecule has 1 unspecified atom stereocenters. The van der Waals surface area contributed by atoms with Crippen molar-refractivity contribution in [2.24, 2.45) is 0 Å². The van der Waals surface area contributed by atoms with Gasteiger partial charge in [0.25, 0.3) is 0 Å². The first-order valence-electron chi connectivity index (χ1n) is 21.1. The van der Waals surface area contributed by atoms with E-state index in [4.69, 9.17) is 4.42 Å². The zero-order chi connectivity index (χ0) is 40.0. The van der Waals surface area contributed by atoms with Gasteiger partial charge in [-0.1, -0.05) is 170 Å². The van der Waals surface area contributed by atoms with Crippen LogP contribution in [0.3, 0.4) is 0 Å². The van der Waals surface area contributed by atoms with Crippen LogP contribution in [-0.2, 0) is 0 Å². The first-order chi connectivity index (χ1) is 30.2. The van der Waals surface area contributed by atoms with Gasteiger partial charge >= 0.3 is 0 Å². The number of benzene rings is 10. The van der Waals surface area contributed by atoms with Gasteiger partial charge in [-0.2, -0.15) is 0 Å². The van der Waals surface area contributed by atoms with Crippen molar-refractivity contribution in [2.45, 2.75) is 5.92 Å². The topological polar surface area (TPSA) is 18.1 Å². The zero-order valence-corrected chi connectivity index (χ0v) is 33.2. The lowest BCUT2D eigenvalue weighted by Gasteiger charge is -2.16. The standard InChI is InChI=1S/C59H37NO/c1-2-12-40(13-3-1)58-50-31-26-42(34-52(50)47-30-27-44(36-54(47)58)46-17-10-18-51-49-16-7-9-20-57(49)61-59(46)51)38-21-23-39(24-22-38)43-28-32-56-53(35-43)48-15-6-8-19-55(48)60(56)45-29-25-37-11-4-5-14-41(37)33-45/h1-36,58H. The van der Waals surface area contributed by atoms with Crippen molar-refractivity contribution in [1.29, 1.82) is 0 Å². The van der Waals surface area contributed by atoms with Crippen LogP contribution in [0.1, 0.15) is 22.6 Å². The molecule has 284 valence electrons. The summed E-state index contributed by atoms with van der Waals surface area (Å²) in [4.78, 5) is 0. The average molecular weight is 776 g/mol. The maximum atomic E-state index is 6.50. The molecular weight excluding hydrogens is 739 g/mol. The molecule has 2 aromatic heterocycles. The van der Waals surface area contributed by atoms with E-state index in [1.54, 1.807) is 0 Å². The summed E-state index contributed by atoms with van der Waals surface area (Å²) in [5.74, 6) is 0.138. The van der Waals surface area contributed by atoms with Gasteiger partial charge in [-0.25, -0.2) is 0 Å². The molecule has 1 aliphatic carbocycles. The van der Waals surface area contributed by atoms with Crippen LogP contribution < -0.4 is 0 Å². The lowest BCUT2D eigenvalue weighted by atomic mass is 9.87. The summed E-state index contributed by atoms with van der Waals surface area (Å²) >= 11 is 0. The third kappa shape index (κ3) is 5.29. The highest BCUT2D eigenvalue weighted by Gasteiger charge is 2.31. The fraction of sp³-hybridized carbons (Fsp3) is 0.0169. The van der Waals surface area contributed by atoms with Crippen molar-refractivity contribution in [3.8, 4) is 50.2 Å². The normalized spacial score (nSPS) is 13.4. The number of hydrogen-bond donors (Lipinski definition) is 0. The monoisotopic (exact) mass is 775 g/mol. The van der Waals surface area contributed by atoms with Crippen LogP contribution in [0, 0.1) is 0 Å². The molecule has 1 aliphatic rings. The number of hydrogen-bond acceptors (Lipinski definition) is 1. The third-order valence-electron chi connectivity index (χ3n) is 13.1. The highest BCUT2D eigenvalue weighted by Crippen LogP contribution is 2.51. The van der Waals surface area contributed by atoms with Crippen LogP contribution in [0.2, 0.25) is 0 Å². The summed E-state index contributed by atoms with van der Waals surface area (Å²) in [6.45, 7) is 0. The molecule has 0 radical (unpaired) electrons. The molecule has 10 aromatic carbocycles. The maximum Gasteiger partial charge on any atom is 0.143 e. The molecule has 0 saturated heterocycles. The molecule has 0 amide bonds. The Morgan fingerprint density at radius 3 is 1.89 bits per heavy atom. The fourth-order valence-electron chi connectivity index (χ4n) is 10.2. The summed E-state index contributed by atoms with van der Waals surface area (Å²) in [6, 6.07) is 80.0. The molecule has 2 heteroatoms. The highest BCUT2D eigenvalue weighted by atomic mass is 16.3. The summed E-state index contributed by atoms with van der Waals surface area (Å²) in [5, 5.41) is 7.31. The van der Waals surface area contributed by atoms with Crippen molar-refractivity contribution in [3.05, 3.63) is 235 Å². The Balaban J connectivity index is 0.874. The molecule has 61 heavy (non-hydrogen) atoms. The number of fused-ring (bicyclic) bond motifs is 10. The predicted molar refractivity (Wildman–Crippen MR) is 255 cm³/mol. The Labute approximate surface area is 353 Å². The highest BCUT2D eigenvalue weighted by molar-refractivity contribution is 6.11. The van der Waals surface area contributed by atoms with Crippen molar-refractivity contribution in [2.75, 3.05) is 0 Å². The van der Waals surface area contributed by atoms with Gasteiger partial charge in [0.1, 0.15) is 11.2 Å². The minimum atomic E-state index is 0.138. The van der Waals surface area contributed by atoms with Gasteiger partial charge < -0.3 is 8.98 Å². The first-order valence-corrected chi connectivity index (χ1v) is 21.1. The second kappa shape index (κ2) is 13.3. The van der Waals surface area contributed by atoms with Crippen molar-refractivity contribution in [3.63, 3.8) is 0 Å². The second-order valence-corrected chi connectivity index (χ2v) is 16.4. The van der Waals surface area contributed by atoms with E-state index in [-0.39, 0.29) is 5.92 Å². The molecule has 0 bridgehead atoms. The summed E-state index contributed by atoms with van der Waals surface area (Å²) < 4.78 is 8.90. The molecule has 0 N–H and O–H groups in total. The van der Waals surface area contributed by atoms with E-state index >= 15 is 0 Å². The van der Waals surface area contributed by atoms with Gasteiger partial charge in [0.05, 0.1) is 11.0 Å². The van der Waals surface area contributed by atoms with E-state index in [0.717, 1.165) is 27.5 Å². The Kier molecular flexibility index (Phi) is 7.40. The van der Waals surface area contributed by atoms with E-state index in [0.29, 0.717) is 0 Å². The molecule has 2 heterocycles. The minimum absolute atomic E-state index is 0.138. The molecule has 12 aromatic rings. The smallest absolute Gasteiger partial charge is 0.143 e. The number of para-hydroxylation sites is 3. The van der Waals surface area contributed by atoms with Crippen molar-refractivity contribution in [1.82, 2.24) is 4.57 Å². The third-order valence-corrected chi connectivity index (χ3v) is 13.1. The quantitative estimate of drug-likeness (QED) is 0.170. The van der Waals surface area contributed by atoms with Gasteiger partial charge in [-0.3, -0.25) is 0 Å². The minimum Gasteiger partial charge on any atom is -0.455 e. The van der Waals surface area contributed by atoms with Crippen LogP contribution >= 0.6 is 0 Å². The molecule has 1 atom stereocenters. The van der Waals surface area contributed by atoms with E-state index in [1.165, 1.54) is 93.9 Å². The van der Waals surface area contributed by atoms with E-state index in [1.807, 2.05) is 6.07 Å². The van der Waals surface area contributed by atoms with E-state index < -0.39 is 0 Å². The Hall–Kier alpha value is -7.94. The number of aromatic nitrogens is 1. The summed E-state index contributed by atoms with van der Waals surface area (Å²) in [7, 11) is 0. The Bertz CT molecular complexity index is 3700. The molecule has 0 saturated carbocycles. The SMILES string of the molecule is c1ccc(C2c3ccc(-c4ccc(-c5ccc6c(c5)c5ccccc5n6-c5ccc6ccccc6c5)cc4)cc3-c3ccc(-c4cccc5c4oc4ccccc45)cc32)cc1. The molecule has 0 fully saturated rings. The van der Waals surface area contributed by atoms with Gasteiger partial charge in [0, 0.05) is 38.7 Å². The lowest BCUT2D eigenvalue weighted by molar-refractivity contribution is 0.670. The summed E-state index contributed by atoms with van der Waals surface area (Å²) in [5.41, 5.74) is 19.2. The molecule has 2 nitrogen and oxygen atoms in total. The average Bonchev–Trinajstić information content (AvgIpc) is 3.99. The Morgan fingerprint density at radius 1 is 0.344 bits per heavy atom. The van der Waals surface area contributed by atoms with Crippen LogP contribution in [0.5, 0.6) is 0 Å². The van der Waals surface area contributed by atoms with Crippen LogP contribution in [0.15, 0.2) is 223 Å². The molecule has 0 aliphatic heterocycles. The first kappa shape index (κ1) is 34.0. The number of rotatable bonds is 5. The summed E-state index contributed by atoms with van der Waals surface area (Å²) in [6.07, 6.45) is 0. The number of nitrogens with zero attached hydrogens (tertiary/aromatic N) is 1.